The number of carbonyl (C=O) groups is 1. The van der Waals surface area contributed by atoms with Gasteiger partial charge in [0.1, 0.15) is 0 Å². The third-order valence-electron chi connectivity index (χ3n) is 3.44. The smallest absolute Gasteiger partial charge is 0.266 e. The lowest BCUT2D eigenvalue weighted by Crippen LogP contribution is -2.39. The molecule has 8 heteroatoms. The Morgan fingerprint density at radius 1 is 1.23 bits per heavy atom. The van der Waals surface area contributed by atoms with Gasteiger partial charge in [-0.25, -0.2) is 12.7 Å². The first-order valence-electron chi connectivity index (χ1n) is 6.99. The van der Waals surface area contributed by atoms with Crippen molar-refractivity contribution < 1.29 is 13.2 Å². The Morgan fingerprint density at radius 3 is 2.27 bits per heavy atom. The lowest BCUT2D eigenvalue weighted by Gasteiger charge is -2.24. The van der Waals surface area contributed by atoms with Crippen LogP contribution in [0.2, 0.25) is 0 Å². The van der Waals surface area contributed by atoms with E-state index in [0.29, 0.717) is 12.2 Å². The van der Waals surface area contributed by atoms with Crippen LogP contribution in [0.15, 0.2) is 29.2 Å². The van der Waals surface area contributed by atoms with Crippen molar-refractivity contribution in [1.82, 2.24) is 9.21 Å². The molecule has 120 valence electrons. The zero-order valence-electron chi connectivity index (χ0n) is 12.8. The number of nitrogens with one attached hydrogen (secondary N) is 2. The number of sulfonamides is 1. The number of carbonyl (C=O) groups excluding carboxylic acids is 1. The van der Waals surface area contributed by atoms with Crippen molar-refractivity contribution in [2.75, 3.05) is 18.4 Å². The summed E-state index contributed by atoms with van der Waals surface area (Å²) in [6.07, 6.45) is 0. The Bertz CT molecular complexity index is 683. The van der Waals surface area contributed by atoms with E-state index in [1.54, 1.807) is 4.90 Å². The first-order valence-corrected chi connectivity index (χ1v) is 8.43. The summed E-state index contributed by atoms with van der Waals surface area (Å²) in [7, 11) is -3.75. The molecule has 2 rings (SSSR count). The molecule has 0 unspecified atom stereocenters. The minimum absolute atomic E-state index is 0.000868. The number of nitrogens with zero attached hydrogens (tertiary/aromatic N) is 2. The molecule has 1 heterocycles. The lowest BCUT2D eigenvalue weighted by atomic mass is 10.3. The molecule has 0 atom stereocenters. The molecule has 0 saturated carbocycles. The molecule has 1 aromatic rings. The molecule has 0 bridgehead atoms. The van der Waals surface area contributed by atoms with Gasteiger partial charge in [0.15, 0.2) is 0 Å². The molecule has 0 aliphatic carbocycles. The molecule has 1 aliphatic rings. The van der Waals surface area contributed by atoms with Crippen molar-refractivity contribution in [2.24, 2.45) is 0 Å². The Morgan fingerprint density at radius 2 is 1.82 bits per heavy atom. The summed E-state index contributed by atoms with van der Waals surface area (Å²) in [6.45, 7) is 6.02. The minimum atomic E-state index is -3.75. The second kappa shape index (κ2) is 5.96. The Hall–Kier alpha value is -2.09. The van der Waals surface area contributed by atoms with E-state index >= 15 is 0 Å². The summed E-state index contributed by atoms with van der Waals surface area (Å²) < 4.78 is 26.3. The lowest BCUT2D eigenvalue weighted by molar-refractivity contribution is -0.114. The van der Waals surface area contributed by atoms with Gasteiger partial charge < -0.3 is 10.2 Å². The molecule has 1 amide bonds. The van der Waals surface area contributed by atoms with Crippen LogP contribution in [0, 0.1) is 5.41 Å². The maximum Gasteiger partial charge on any atom is 0.266 e. The van der Waals surface area contributed by atoms with Gasteiger partial charge in [-0.05, 0) is 38.1 Å². The zero-order chi connectivity index (χ0) is 16.5. The van der Waals surface area contributed by atoms with Crippen molar-refractivity contribution in [3.05, 3.63) is 24.3 Å². The summed E-state index contributed by atoms with van der Waals surface area (Å²) in [4.78, 5) is 12.8. The van der Waals surface area contributed by atoms with E-state index in [-0.39, 0.29) is 29.3 Å². The predicted molar refractivity (Wildman–Crippen MR) is 84.2 cm³/mol. The van der Waals surface area contributed by atoms with Gasteiger partial charge >= 0.3 is 0 Å². The maximum absolute atomic E-state index is 12.6. The fraction of sp³-hybridized carbons (Fsp3) is 0.429. The quantitative estimate of drug-likeness (QED) is 0.873. The summed E-state index contributed by atoms with van der Waals surface area (Å²) in [5.41, 5.74) is 0.534. The number of hydrogen-bond acceptors (Lipinski definition) is 4. The van der Waals surface area contributed by atoms with Gasteiger partial charge in [0.05, 0.1) is 11.4 Å². The molecule has 7 nitrogen and oxygen atoms in total. The van der Waals surface area contributed by atoms with E-state index in [0.717, 1.165) is 4.31 Å². The number of anilines is 1. The average molecular weight is 324 g/mol. The van der Waals surface area contributed by atoms with Crippen LogP contribution in [0.3, 0.4) is 0 Å². The maximum atomic E-state index is 12.6. The molecule has 0 aromatic heterocycles. The second-order valence-corrected chi connectivity index (χ2v) is 7.26. The topological polar surface area (TPSA) is 93.6 Å². The third kappa shape index (κ3) is 3.06. The molecule has 1 saturated heterocycles. The molecule has 0 radical (unpaired) electrons. The Balaban J connectivity index is 2.24. The number of hydrogen-bond donors (Lipinski definition) is 2. The SMILES string of the molecule is CC(=O)Nc1ccc(S(=O)(=O)N2CCN(C(C)C)C2=N)cc1. The van der Waals surface area contributed by atoms with Crippen molar-refractivity contribution in [2.45, 2.75) is 31.7 Å². The summed E-state index contributed by atoms with van der Waals surface area (Å²) >= 11 is 0. The van der Waals surface area contributed by atoms with Crippen molar-refractivity contribution in [3.63, 3.8) is 0 Å². The van der Waals surface area contributed by atoms with Gasteiger partial charge in [-0.1, -0.05) is 0 Å². The highest BCUT2D eigenvalue weighted by Crippen LogP contribution is 2.23. The largest absolute Gasteiger partial charge is 0.338 e. The molecular formula is C14H20N4O3S. The highest BCUT2D eigenvalue weighted by atomic mass is 32.2. The fourth-order valence-corrected chi connectivity index (χ4v) is 3.72. The first kappa shape index (κ1) is 16.3. The van der Waals surface area contributed by atoms with E-state index in [1.165, 1.54) is 31.2 Å². The average Bonchev–Trinajstić information content (AvgIpc) is 2.81. The molecule has 1 fully saturated rings. The molecule has 22 heavy (non-hydrogen) atoms. The van der Waals surface area contributed by atoms with Crippen LogP contribution in [-0.4, -0.2) is 48.6 Å². The van der Waals surface area contributed by atoms with Crippen molar-refractivity contribution >= 4 is 27.6 Å². The van der Waals surface area contributed by atoms with Crippen molar-refractivity contribution in [3.8, 4) is 0 Å². The number of guanidine groups is 1. The van der Waals surface area contributed by atoms with E-state index < -0.39 is 10.0 Å². The van der Waals surface area contributed by atoms with Crippen LogP contribution in [0.4, 0.5) is 5.69 Å². The van der Waals surface area contributed by atoms with Crippen LogP contribution >= 0.6 is 0 Å². The normalized spacial score (nSPS) is 15.5. The number of benzene rings is 1. The van der Waals surface area contributed by atoms with Crippen LogP contribution in [0.1, 0.15) is 20.8 Å². The number of amides is 1. The zero-order valence-corrected chi connectivity index (χ0v) is 13.6. The monoisotopic (exact) mass is 324 g/mol. The molecular weight excluding hydrogens is 304 g/mol. The van der Waals surface area contributed by atoms with Crippen molar-refractivity contribution in [1.29, 1.82) is 5.41 Å². The Labute approximate surface area is 130 Å². The van der Waals surface area contributed by atoms with Crippen LogP contribution in [0.5, 0.6) is 0 Å². The second-order valence-electron chi connectivity index (χ2n) is 5.39. The minimum Gasteiger partial charge on any atom is -0.338 e. The van der Waals surface area contributed by atoms with Gasteiger partial charge in [0, 0.05) is 25.2 Å². The van der Waals surface area contributed by atoms with Crippen LogP contribution in [0.25, 0.3) is 0 Å². The predicted octanol–water partition coefficient (Wildman–Crippen LogP) is 1.29. The Kier molecular flexibility index (Phi) is 4.41. The summed E-state index contributed by atoms with van der Waals surface area (Å²) in [6, 6.07) is 6.02. The summed E-state index contributed by atoms with van der Waals surface area (Å²) in [5, 5.41) is 10.6. The van der Waals surface area contributed by atoms with Crippen LogP contribution in [-0.2, 0) is 14.8 Å². The van der Waals surface area contributed by atoms with Crippen LogP contribution < -0.4 is 5.32 Å². The first-order chi connectivity index (χ1) is 10.2. The summed E-state index contributed by atoms with van der Waals surface area (Å²) in [5.74, 6) is -0.217. The number of rotatable bonds is 4. The molecule has 1 aliphatic heterocycles. The van der Waals surface area contributed by atoms with E-state index in [9.17, 15) is 13.2 Å². The molecule has 0 spiro atoms. The molecule has 1 aromatic carbocycles. The van der Waals surface area contributed by atoms with E-state index in [2.05, 4.69) is 5.32 Å². The van der Waals surface area contributed by atoms with Gasteiger partial charge in [-0.15, -0.1) is 0 Å². The third-order valence-corrected chi connectivity index (χ3v) is 5.24. The fourth-order valence-electron chi connectivity index (χ4n) is 2.33. The van der Waals surface area contributed by atoms with Gasteiger partial charge in [-0.3, -0.25) is 10.2 Å². The standard InChI is InChI=1S/C14H20N4O3S/c1-10(2)17-8-9-18(14(17)15)22(20,21)13-6-4-12(5-7-13)16-11(3)19/h4-7,10,15H,8-9H2,1-3H3,(H,16,19). The molecule has 2 N–H and O–H groups in total. The van der Waals surface area contributed by atoms with Gasteiger partial charge in [0.25, 0.3) is 10.0 Å². The highest BCUT2D eigenvalue weighted by Gasteiger charge is 2.36. The van der Waals surface area contributed by atoms with E-state index in [4.69, 9.17) is 5.41 Å². The van der Waals surface area contributed by atoms with E-state index in [1.807, 2.05) is 13.8 Å². The highest BCUT2D eigenvalue weighted by molar-refractivity contribution is 7.89. The van der Waals surface area contributed by atoms with Gasteiger partial charge in [0.2, 0.25) is 11.9 Å². The van der Waals surface area contributed by atoms with Gasteiger partial charge in [-0.2, -0.15) is 0 Å².